The molecule has 3 aromatic rings. The van der Waals surface area contributed by atoms with Gasteiger partial charge in [0.05, 0.1) is 19.9 Å². The summed E-state index contributed by atoms with van der Waals surface area (Å²) in [4.78, 5) is 12.5. The van der Waals surface area contributed by atoms with Crippen LogP contribution in [-0.4, -0.2) is 29.4 Å². The van der Waals surface area contributed by atoms with Gasteiger partial charge in [0.15, 0.2) is 11.5 Å². The van der Waals surface area contributed by atoms with E-state index in [0.29, 0.717) is 17.4 Å². The largest absolute Gasteiger partial charge is 0.493 e. The molecule has 1 N–H and O–H groups in total. The number of aromatic nitrogens is 2. The smallest absolute Gasteiger partial charge is 0.387 e. The molecule has 0 fully saturated rings. The van der Waals surface area contributed by atoms with Crippen molar-refractivity contribution in [3.63, 3.8) is 0 Å². The van der Waals surface area contributed by atoms with Crippen LogP contribution >= 0.6 is 11.6 Å². The topological polar surface area (TPSA) is 65.4 Å². The number of alkyl halides is 2. The fraction of sp³-hybridized carbons (Fsp3) is 0.158. The zero-order chi connectivity index (χ0) is 20.1. The second kappa shape index (κ2) is 8.71. The number of nitrogens with zero attached hydrogens (tertiary/aromatic N) is 2. The van der Waals surface area contributed by atoms with Gasteiger partial charge in [-0.1, -0.05) is 23.7 Å². The van der Waals surface area contributed by atoms with Crippen molar-refractivity contribution >= 4 is 23.3 Å². The molecule has 0 saturated heterocycles. The van der Waals surface area contributed by atoms with Gasteiger partial charge in [-0.3, -0.25) is 4.79 Å². The number of ether oxygens (including phenoxy) is 2. The summed E-state index contributed by atoms with van der Waals surface area (Å²) in [6.07, 6.45) is 1.56. The number of anilines is 1. The Labute approximate surface area is 164 Å². The molecule has 0 aliphatic carbocycles. The maximum absolute atomic E-state index is 12.5. The van der Waals surface area contributed by atoms with Crippen molar-refractivity contribution in [2.75, 3.05) is 12.4 Å². The SMILES string of the molecule is COc1cc(C(=O)Nc2ccnn2Cc2ccc(Cl)cc2)ccc1OC(F)F. The first-order chi connectivity index (χ1) is 13.5. The average molecular weight is 408 g/mol. The van der Waals surface area contributed by atoms with Crippen LogP contribution in [0.2, 0.25) is 5.02 Å². The van der Waals surface area contributed by atoms with E-state index in [1.54, 1.807) is 29.1 Å². The average Bonchev–Trinajstić information content (AvgIpc) is 3.10. The van der Waals surface area contributed by atoms with E-state index in [1.165, 1.54) is 25.3 Å². The summed E-state index contributed by atoms with van der Waals surface area (Å²) in [5, 5.41) is 7.57. The van der Waals surface area contributed by atoms with Crippen molar-refractivity contribution in [2.45, 2.75) is 13.2 Å². The third-order valence-electron chi connectivity index (χ3n) is 3.85. The van der Waals surface area contributed by atoms with E-state index < -0.39 is 12.5 Å². The molecule has 0 radical (unpaired) electrons. The first-order valence-electron chi connectivity index (χ1n) is 8.16. The highest BCUT2D eigenvalue weighted by molar-refractivity contribution is 6.30. The lowest BCUT2D eigenvalue weighted by Crippen LogP contribution is -2.16. The Morgan fingerprint density at radius 2 is 1.93 bits per heavy atom. The van der Waals surface area contributed by atoms with Gasteiger partial charge in [0.1, 0.15) is 5.82 Å². The first kappa shape index (κ1) is 19.6. The Hall–Kier alpha value is -3.13. The molecule has 0 aliphatic rings. The number of carbonyl (C=O) groups is 1. The number of methoxy groups -OCH3 is 1. The molecule has 0 bridgehead atoms. The number of halogens is 3. The van der Waals surface area contributed by atoms with E-state index in [4.69, 9.17) is 16.3 Å². The fourth-order valence-corrected chi connectivity index (χ4v) is 2.64. The molecule has 1 aromatic heterocycles. The predicted octanol–water partition coefficient (Wildman–Crippen LogP) is 4.45. The summed E-state index contributed by atoms with van der Waals surface area (Å²) in [7, 11) is 1.30. The lowest BCUT2D eigenvalue weighted by Gasteiger charge is -2.12. The first-order valence-corrected chi connectivity index (χ1v) is 8.54. The molecule has 1 amide bonds. The van der Waals surface area contributed by atoms with Crippen LogP contribution in [0.5, 0.6) is 11.5 Å². The molecule has 28 heavy (non-hydrogen) atoms. The Morgan fingerprint density at radius 1 is 1.18 bits per heavy atom. The summed E-state index contributed by atoms with van der Waals surface area (Å²) in [6, 6.07) is 12.9. The number of benzene rings is 2. The second-order valence-corrected chi connectivity index (χ2v) is 6.14. The van der Waals surface area contributed by atoms with Crippen LogP contribution in [-0.2, 0) is 6.54 Å². The van der Waals surface area contributed by atoms with Crippen LogP contribution < -0.4 is 14.8 Å². The molecule has 1 heterocycles. The predicted molar refractivity (Wildman–Crippen MR) is 100 cm³/mol. The van der Waals surface area contributed by atoms with Crippen LogP contribution in [0.4, 0.5) is 14.6 Å². The Kier molecular flexibility index (Phi) is 6.10. The number of hydrogen-bond donors (Lipinski definition) is 1. The molecule has 0 unspecified atom stereocenters. The van der Waals surface area contributed by atoms with Gasteiger partial charge >= 0.3 is 6.61 Å². The van der Waals surface area contributed by atoms with Crippen molar-refractivity contribution in [2.24, 2.45) is 0 Å². The minimum atomic E-state index is -2.99. The fourth-order valence-electron chi connectivity index (χ4n) is 2.52. The van der Waals surface area contributed by atoms with Crippen molar-refractivity contribution < 1.29 is 23.0 Å². The van der Waals surface area contributed by atoms with Gasteiger partial charge in [-0.25, -0.2) is 4.68 Å². The van der Waals surface area contributed by atoms with Gasteiger partial charge < -0.3 is 14.8 Å². The van der Waals surface area contributed by atoms with Gasteiger partial charge in [-0.05, 0) is 35.9 Å². The number of carbonyl (C=O) groups excluding carboxylic acids is 1. The molecule has 6 nitrogen and oxygen atoms in total. The van der Waals surface area contributed by atoms with E-state index in [2.05, 4.69) is 15.2 Å². The molecule has 146 valence electrons. The highest BCUT2D eigenvalue weighted by Gasteiger charge is 2.15. The van der Waals surface area contributed by atoms with E-state index in [1.807, 2.05) is 12.1 Å². The Morgan fingerprint density at radius 3 is 2.61 bits per heavy atom. The molecule has 9 heteroatoms. The quantitative estimate of drug-likeness (QED) is 0.628. The van der Waals surface area contributed by atoms with Crippen LogP contribution in [0, 0.1) is 0 Å². The third kappa shape index (κ3) is 4.77. The van der Waals surface area contributed by atoms with E-state index >= 15 is 0 Å². The summed E-state index contributed by atoms with van der Waals surface area (Å²) in [5.74, 6) is -0.0870. The molecule has 0 spiro atoms. The minimum Gasteiger partial charge on any atom is -0.493 e. The van der Waals surface area contributed by atoms with Crippen molar-refractivity contribution in [3.8, 4) is 11.5 Å². The number of hydrogen-bond acceptors (Lipinski definition) is 4. The zero-order valence-electron chi connectivity index (χ0n) is 14.7. The third-order valence-corrected chi connectivity index (χ3v) is 4.10. The summed E-state index contributed by atoms with van der Waals surface area (Å²) >= 11 is 5.88. The maximum Gasteiger partial charge on any atom is 0.387 e. The summed E-state index contributed by atoms with van der Waals surface area (Å²) < 4.78 is 35.8. The van der Waals surface area contributed by atoms with Gasteiger partial charge in [-0.2, -0.15) is 13.9 Å². The molecular weight excluding hydrogens is 392 g/mol. The second-order valence-electron chi connectivity index (χ2n) is 5.70. The van der Waals surface area contributed by atoms with E-state index in [9.17, 15) is 13.6 Å². The number of nitrogens with one attached hydrogen (secondary N) is 1. The molecule has 3 rings (SSSR count). The minimum absolute atomic E-state index is 0.0302. The Balaban J connectivity index is 1.75. The van der Waals surface area contributed by atoms with Crippen LogP contribution in [0.25, 0.3) is 0 Å². The van der Waals surface area contributed by atoms with E-state index in [0.717, 1.165) is 5.56 Å². The van der Waals surface area contributed by atoms with Gasteiger partial charge in [0.2, 0.25) is 0 Å². The standard InChI is InChI=1S/C19H16ClF2N3O3/c1-27-16-10-13(4-7-15(16)28-19(21)22)18(26)24-17-8-9-23-25(17)11-12-2-5-14(20)6-3-12/h2-10,19H,11H2,1H3,(H,24,26). The normalized spacial score (nSPS) is 10.8. The van der Waals surface area contributed by atoms with Crippen molar-refractivity contribution in [1.82, 2.24) is 9.78 Å². The summed E-state index contributed by atoms with van der Waals surface area (Å²) in [5.41, 5.74) is 1.18. The van der Waals surface area contributed by atoms with Crippen LogP contribution in [0.1, 0.15) is 15.9 Å². The number of rotatable bonds is 7. The molecule has 0 saturated carbocycles. The van der Waals surface area contributed by atoms with Gasteiger partial charge in [0.25, 0.3) is 5.91 Å². The Bertz CT molecular complexity index is 961. The van der Waals surface area contributed by atoms with Crippen LogP contribution in [0.15, 0.2) is 54.7 Å². The lowest BCUT2D eigenvalue weighted by molar-refractivity contribution is -0.0512. The number of amides is 1. The van der Waals surface area contributed by atoms with Crippen LogP contribution in [0.3, 0.4) is 0 Å². The molecule has 2 aromatic carbocycles. The van der Waals surface area contributed by atoms with E-state index in [-0.39, 0.29) is 17.1 Å². The van der Waals surface area contributed by atoms with Crippen molar-refractivity contribution in [3.05, 3.63) is 70.9 Å². The molecular formula is C19H16ClF2N3O3. The maximum atomic E-state index is 12.5. The summed E-state index contributed by atoms with van der Waals surface area (Å²) in [6.45, 7) is -2.56. The molecule has 0 aliphatic heterocycles. The van der Waals surface area contributed by atoms with Gasteiger partial charge in [0, 0.05) is 16.7 Å². The monoisotopic (exact) mass is 407 g/mol. The molecule has 0 atom stereocenters. The zero-order valence-corrected chi connectivity index (χ0v) is 15.5. The van der Waals surface area contributed by atoms with Gasteiger partial charge in [-0.15, -0.1) is 0 Å². The highest BCUT2D eigenvalue weighted by atomic mass is 35.5. The van der Waals surface area contributed by atoms with Crippen molar-refractivity contribution in [1.29, 1.82) is 0 Å². The lowest BCUT2D eigenvalue weighted by atomic mass is 10.2. The highest BCUT2D eigenvalue weighted by Crippen LogP contribution is 2.29.